The van der Waals surface area contributed by atoms with Crippen molar-refractivity contribution < 1.29 is 27.2 Å². The van der Waals surface area contributed by atoms with Crippen LogP contribution in [0.25, 0.3) is 11.0 Å². The van der Waals surface area contributed by atoms with E-state index >= 15 is 0 Å². The van der Waals surface area contributed by atoms with Gasteiger partial charge in [-0.2, -0.15) is 0 Å². The van der Waals surface area contributed by atoms with Crippen molar-refractivity contribution in [1.29, 1.82) is 0 Å². The van der Waals surface area contributed by atoms with Crippen LogP contribution in [0, 0.1) is 6.92 Å². The van der Waals surface area contributed by atoms with Gasteiger partial charge in [-0.15, -0.1) is 0 Å². The van der Waals surface area contributed by atoms with Crippen LogP contribution in [0.15, 0.2) is 22.6 Å². The minimum atomic E-state index is -3.11. The first-order valence-electron chi connectivity index (χ1n) is 8.07. The van der Waals surface area contributed by atoms with Gasteiger partial charge in [0.2, 0.25) is 5.76 Å². The number of amides is 1. The Morgan fingerprint density at radius 3 is 2.77 bits per heavy atom. The van der Waals surface area contributed by atoms with Crippen molar-refractivity contribution in [3.8, 4) is 0 Å². The minimum absolute atomic E-state index is 0.00496. The predicted molar refractivity (Wildman–Crippen MR) is 96.0 cm³/mol. The summed E-state index contributed by atoms with van der Waals surface area (Å²) in [5.74, 6) is -1.35. The molecule has 1 fully saturated rings. The lowest BCUT2D eigenvalue weighted by Crippen LogP contribution is -2.42. The third-order valence-corrected chi connectivity index (χ3v) is 6.32. The standard InChI is InChI=1S/C17H18ClNO6S/c1-9-13-7-11(18)3-4-14(13)25-15(9)17(21)24-10(2)16(20)19-12-5-6-26(22,23)8-12/h3-4,7,10,12H,5-6,8H2,1-2H3,(H,19,20)/t10-,12+/m1/s1. The fraction of sp³-hybridized carbons (Fsp3) is 0.412. The van der Waals surface area contributed by atoms with E-state index in [9.17, 15) is 18.0 Å². The number of esters is 1. The summed E-state index contributed by atoms with van der Waals surface area (Å²) in [6.07, 6.45) is -0.722. The van der Waals surface area contributed by atoms with Crippen molar-refractivity contribution in [2.24, 2.45) is 0 Å². The highest BCUT2D eigenvalue weighted by molar-refractivity contribution is 7.91. The highest BCUT2D eigenvalue weighted by Crippen LogP contribution is 2.28. The van der Waals surface area contributed by atoms with Crippen molar-refractivity contribution in [3.05, 3.63) is 34.5 Å². The van der Waals surface area contributed by atoms with E-state index in [1.807, 2.05) is 0 Å². The predicted octanol–water partition coefficient (Wildman–Crippen LogP) is 2.24. The van der Waals surface area contributed by atoms with E-state index in [0.29, 0.717) is 28.0 Å². The second kappa shape index (κ2) is 6.92. The van der Waals surface area contributed by atoms with Crippen LogP contribution in [0.4, 0.5) is 0 Å². The number of benzene rings is 1. The SMILES string of the molecule is Cc1c(C(=O)O[C@H](C)C(=O)N[C@H]2CCS(=O)(=O)C2)oc2ccc(Cl)cc12. The van der Waals surface area contributed by atoms with Gasteiger partial charge in [-0.25, -0.2) is 13.2 Å². The van der Waals surface area contributed by atoms with Crippen molar-refractivity contribution in [1.82, 2.24) is 5.32 Å². The maximum Gasteiger partial charge on any atom is 0.375 e. The monoisotopic (exact) mass is 399 g/mol. The molecular formula is C17H18ClNO6S. The average molecular weight is 400 g/mol. The van der Waals surface area contributed by atoms with Crippen LogP contribution in [0.1, 0.15) is 29.5 Å². The van der Waals surface area contributed by atoms with Gasteiger partial charge in [-0.1, -0.05) is 11.6 Å². The Labute approximate surface area is 155 Å². The highest BCUT2D eigenvalue weighted by Gasteiger charge is 2.31. The first kappa shape index (κ1) is 18.7. The lowest BCUT2D eigenvalue weighted by atomic mass is 10.1. The molecule has 1 aromatic carbocycles. The molecular weight excluding hydrogens is 382 g/mol. The molecule has 1 aliphatic heterocycles. The molecule has 0 saturated carbocycles. The number of carbonyl (C=O) groups is 2. The van der Waals surface area contributed by atoms with Crippen molar-refractivity contribution in [2.75, 3.05) is 11.5 Å². The van der Waals surface area contributed by atoms with Gasteiger partial charge in [0, 0.05) is 22.0 Å². The molecule has 2 atom stereocenters. The number of hydrogen-bond donors (Lipinski definition) is 1. The van der Waals surface area contributed by atoms with Crippen LogP contribution in [-0.4, -0.2) is 43.9 Å². The van der Waals surface area contributed by atoms with Crippen LogP contribution in [-0.2, 0) is 19.4 Å². The molecule has 1 aromatic heterocycles. The Bertz CT molecular complexity index is 981. The quantitative estimate of drug-likeness (QED) is 0.791. The molecule has 140 valence electrons. The average Bonchev–Trinajstić information content (AvgIpc) is 3.07. The summed E-state index contributed by atoms with van der Waals surface area (Å²) in [6, 6.07) is 4.53. The number of aryl methyl sites for hydroxylation is 1. The molecule has 0 bridgehead atoms. The fourth-order valence-electron chi connectivity index (χ4n) is 2.88. The number of halogens is 1. The zero-order valence-corrected chi connectivity index (χ0v) is 15.8. The molecule has 9 heteroatoms. The molecule has 26 heavy (non-hydrogen) atoms. The van der Waals surface area contributed by atoms with Crippen molar-refractivity contribution in [3.63, 3.8) is 0 Å². The zero-order chi connectivity index (χ0) is 19.1. The van der Waals surface area contributed by atoms with E-state index in [2.05, 4.69) is 5.32 Å². The maximum atomic E-state index is 12.4. The van der Waals surface area contributed by atoms with E-state index < -0.39 is 33.9 Å². The van der Waals surface area contributed by atoms with Gasteiger partial charge in [0.1, 0.15) is 5.58 Å². The third kappa shape index (κ3) is 3.86. The Balaban J connectivity index is 1.67. The molecule has 0 unspecified atom stereocenters. The Morgan fingerprint density at radius 2 is 2.12 bits per heavy atom. The first-order valence-corrected chi connectivity index (χ1v) is 10.3. The molecule has 1 saturated heterocycles. The maximum absolute atomic E-state index is 12.4. The number of hydrogen-bond acceptors (Lipinski definition) is 6. The molecule has 0 aliphatic carbocycles. The van der Waals surface area contributed by atoms with Crippen LogP contribution in [0.3, 0.4) is 0 Å². The van der Waals surface area contributed by atoms with Crippen LogP contribution < -0.4 is 5.32 Å². The Morgan fingerprint density at radius 1 is 1.38 bits per heavy atom. The van der Waals surface area contributed by atoms with E-state index in [1.54, 1.807) is 25.1 Å². The zero-order valence-electron chi connectivity index (χ0n) is 14.2. The first-order chi connectivity index (χ1) is 12.2. The number of sulfone groups is 1. The molecule has 1 N–H and O–H groups in total. The number of ether oxygens (including phenoxy) is 1. The van der Waals surface area contributed by atoms with E-state index in [1.165, 1.54) is 6.92 Å². The molecule has 1 amide bonds. The van der Waals surface area contributed by atoms with Gasteiger partial charge in [-0.3, -0.25) is 4.79 Å². The third-order valence-electron chi connectivity index (χ3n) is 4.32. The number of fused-ring (bicyclic) bond motifs is 1. The topological polar surface area (TPSA) is 103 Å². The van der Waals surface area contributed by atoms with Crippen LogP contribution in [0.5, 0.6) is 0 Å². The second-order valence-electron chi connectivity index (χ2n) is 6.35. The summed E-state index contributed by atoms with van der Waals surface area (Å²) in [4.78, 5) is 24.5. The van der Waals surface area contributed by atoms with Gasteiger partial charge in [-0.05, 0) is 38.5 Å². The fourth-order valence-corrected chi connectivity index (χ4v) is 4.73. The second-order valence-corrected chi connectivity index (χ2v) is 9.02. The molecule has 2 heterocycles. The summed E-state index contributed by atoms with van der Waals surface area (Å²) < 4.78 is 33.6. The smallest absolute Gasteiger partial charge is 0.375 e. The summed E-state index contributed by atoms with van der Waals surface area (Å²) in [5.41, 5.74) is 1.06. The molecule has 7 nitrogen and oxygen atoms in total. The summed E-state index contributed by atoms with van der Waals surface area (Å²) in [6.45, 7) is 3.12. The molecule has 2 aromatic rings. The lowest BCUT2D eigenvalue weighted by molar-refractivity contribution is -0.129. The largest absolute Gasteiger partial charge is 0.449 e. The number of furan rings is 1. The normalized spacial score (nSPS) is 20.0. The highest BCUT2D eigenvalue weighted by atomic mass is 35.5. The van der Waals surface area contributed by atoms with Gasteiger partial charge in [0.25, 0.3) is 5.91 Å². The summed E-state index contributed by atoms with van der Waals surface area (Å²) in [5, 5.41) is 3.80. The summed E-state index contributed by atoms with van der Waals surface area (Å²) in [7, 11) is -3.11. The lowest BCUT2D eigenvalue weighted by Gasteiger charge is -2.16. The van der Waals surface area contributed by atoms with E-state index in [-0.39, 0.29) is 17.3 Å². The van der Waals surface area contributed by atoms with E-state index in [4.69, 9.17) is 20.8 Å². The molecule has 0 radical (unpaired) electrons. The molecule has 3 rings (SSSR count). The molecule has 1 aliphatic rings. The molecule has 0 spiro atoms. The van der Waals surface area contributed by atoms with Crippen LogP contribution >= 0.6 is 11.6 Å². The van der Waals surface area contributed by atoms with Crippen molar-refractivity contribution in [2.45, 2.75) is 32.4 Å². The van der Waals surface area contributed by atoms with Crippen LogP contribution in [0.2, 0.25) is 5.02 Å². The van der Waals surface area contributed by atoms with Gasteiger partial charge in [0.05, 0.1) is 11.5 Å². The number of carbonyl (C=O) groups excluding carboxylic acids is 2. The Hall–Kier alpha value is -2.06. The number of nitrogens with one attached hydrogen (secondary N) is 1. The van der Waals surface area contributed by atoms with Gasteiger partial charge in [0.15, 0.2) is 15.9 Å². The summed E-state index contributed by atoms with van der Waals surface area (Å²) >= 11 is 5.95. The van der Waals surface area contributed by atoms with Gasteiger partial charge >= 0.3 is 5.97 Å². The Kier molecular flexibility index (Phi) is 4.98. The number of rotatable bonds is 4. The van der Waals surface area contributed by atoms with E-state index in [0.717, 1.165) is 0 Å². The minimum Gasteiger partial charge on any atom is -0.449 e. The van der Waals surface area contributed by atoms with Gasteiger partial charge < -0.3 is 14.5 Å². The van der Waals surface area contributed by atoms with Crippen molar-refractivity contribution >= 4 is 44.3 Å².